The molecule has 0 radical (unpaired) electrons. The first-order valence-electron chi connectivity index (χ1n) is 9.63. The number of fused-ring (bicyclic) bond motifs is 1. The molecule has 31 heavy (non-hydrogen) atoms. The molecule has 1 saturated heterocycles. The van der Waals surface area contributed by atoms with Gasteiger partial charge in [-0.15, -0.1) is 0 Å². The number of carbonyl (C=O) groups excluding carboxylic acids is 2. The van der Waals surface area contributed by atoms with Gasteiger partial charge in [0.25, 0.3) is 5.91 Å². The van der Waals surface area contributed by atoms with Crippen LogP contribution < -0.4 is 15.0 Å². The van der Waals surface area contributed by atoms with Gasteiger partial charge in [0.1, 0.15) is 11.3 Å². The first-order valence-corrected chi connectivity index (χ1v) is 9.63. The average molecular weight is 435 g/mol. The Morgan fingerprint density at radius 2 is 1.97 bits per heavy atom. The van der Waals surface area contributed by atoms with Crippen LogP contribution in [0.5, 0.6) is 11.6 Å². The van der Waals surface area contributed by atoms with E-state index < -0.39 is 23.3 Å². The lowest BCUT2D eigenvalue weighted by atomic mass is 9.93. The van der Waals surface area contributed by atoms with Crippen molar-refractivity contribution in [3.63, 3.8) is 0 Å². The maximum Gasteiger partial charge on any atom is 0.421 e. The van der Waals surface area contributed by atoms with Gasteiger partial charge in [0.05, 0.1) is 18.5 Å². The molecule has 0 saturated carbocycles. The van der Waals surface area contributed by atoms with Crippen LogP contribution in [0, 0.1) is 0 Å². The SMILES string of the molecule is CC[C@@]1(C)NC(=O)N(c2ccc(Oc3ccc4c(c3)[C@](C)(C(F)(F)F)OC4)nc2)C1=O. The number of carbonyl (C=O) groups is 2. The number of anilines is 1. The minimum absolute atomic E-state index is 0.00712. The smallest absolute Gasteiger partial charge is 0.421 e. The quantitative estimate of drug-likeness (QED) is 0.720. The van der Waals surface area contributed by atoms with Crippen LogP contribution in [0.3, 0.4) is 0 Å². The number of hydrogen-bond donors (Lipinski definition) is 1. The number of benzene rings is 1. The number of urea groups is 1. The highest BCUT2D eigenvalue weighted by Gasteiger charge is 2.57. The molecule has 3 amide bonds. The van der Waals surface area contributed by atoms with Crippen molar-refractivity contribution >= 4 is 17.6 Å². The summed E-state index contributed by atoms with van der Waals surface area (Å²) in [5.74, 6) is -0.129. The van der Waals surface area contributed by atoms with Gasteiger partial charge in [0, 0.05) is 11.6 Å². The molecule has 0 spiro atoms. The van der Waals surface area contributed by atoms with Crippen molar-refractivity contribution in [2.24, 2.45) is 0 Å². The van der Waals surface area contributed by atoms with Gasteiger partial charge in [-0.05, 0) is 44.0 Å². The predicted molar refractivity (Wildman–Crippen MR) is 104 cm³/mol. The largest absolute Gasteiger partial charge is 0.439 e. The molecule has 1 aromatic carbocycles. The molecule has 2 atom stereocenters. The van der Waals surface area contributed by atoms with E-state index in [4.69, 9.17) is 9.47 Å². The number of imide groups is 1. The summed E-state index contributed by atoms with van der Waals surface area (Å²) < 4.78 is 51.1. The van der Waals surface area contributed by atoms with Crippen molar-refractivity contribution < 1.29 is 32.2 Å². The summed E-state index contributed by atoms with van der Waals surface area (Å²) in [4.78, 5) is 29.9. The maximum atomic E-state index is 13.5. The lowest BCUT2D eigenvalue weighted by molar-refractivity contribution is -0.272. The van der Waals surface area contributed by atoms with Gasteiger partial charge in [-0.25, -0.2) is 14.7 Å². The highest BCUT2D eigenvalue weighted by atomic mass is 19.4. The molecule has 0 aliphatic carbocycles. The van der Waals surface area contributed by atoms with Crippen molar-refractivity contribution in [2.45, 2.75) is 51.1 Å². The van der Waals surface area contributed by atoms with Crippen molar-refractivity contribution in [3.05, 3.63) is 47.7 Å². The Morgan fingerprint density at radius 1 is 1.23 bits per heavy atom. The van der Waals surface area contributed by atoms with Gasteiger partial charge in [0.2, 0.25) is 5.88 Å². The maximum absolute atomic E-state index is 13.5. The van der Waals surface area contributed by atoms with Crippen LogP contribution in [0.2, 0.25) is 0 Å². The van der Waals surface area contributed by atoms with E-state index in [1.165, 1.54) is 36.5 Å². The Balaban J connectivity index is 1.56. The van der Waals surface area contributed by atoms with Crippen molar-refractivity contribution in [1.29, 1.82) is 0 Å². The molecule has 2 aromatic rings. The van der Waals surface area contributed by atoms with Crippen LogP contribution in [-0.2, 0) is 21.7 Å². The molecule has 2 aliphatic heterocycles. The van der Waals surface area contributed by atoms with E-state index in [-0.39, 0.29) is 35.4 Å². The molecule has 10 heteroatoms. The molecule has 0 bridgehead atoms. The number of nitrogens with zero attached hydrogens (tertiary/aromatic N) is 2. The van der Waals surface area contributed by atoms with Gasteiger partial charge in [-0.3, -0.25) is 4.79 Å². The Labute approximate surface area is 176 Å². The fourth-order valence-electron chi connectivity index (χ4n) is 3.57. The number of hydrogen-bond acceptors (Lipinski definition) is 5. The topological polar surface area (TPSA) is 80.8 Å². The summed E-state index contributed by atoms with van der Waals surface area (Å²) in [6.45, 7) is 4.28. The lowest BCUT2D eigenvalue weighted by Crippen LogP contribution is -2.43. The van der Waals surface area contributed by atoms with Gasteiger partial charge in [0.15, 0.2) is 5.60 Å². The van der Waals surface area contributed by atoms with E-state index in [9.17, 15) is 22.8 Å². The number of alkyl halides is 3. The molecular weight excluding hydrogens is 415 g/mol. The standard InChI is InChI=1S/C21H20F3N3O4/c1-4-19(2)17(28)27(18(29)26-19)13-6-8-16(25-10-13)31-14-7-5-12-11-30-20(3,15(12)9-14)21(22,23)24/h5-10H,4,11H2,1-3H3,(H,26,29)/t19-,20-/m1/s1. The number of pyridine rings is 1. The van der Waals surface area contributed by atoms with Crippen LogP contribution >= 0.6 is 0 Å². The lowest BCUT2D eigenvalue weighted by Gasteiger charge is -2.27. The number of ether oxygens (including phenoxy) is 2. The van der Waals surface area contributed by atoms with E-state index in [0.717, 1.165) is 11.8 Å². The third kappa shape index (κ3) is 3.31. The van der Waals surface area contributed by atoms with Crippen LogP contribution in [0.4, 0.5) is 23.7 Å². The molecule has 3 heterocycles. The highest BCUT2D eigenvalue weighted by molar-refractivity contribution is 6.23. The number of nitrogens with one attached hydrogen (secondary N) is 1. The summed E-state index contributed by atoms with van der Waals surface area (Å²) in [6, 6.07) is 6.71. The minimum Gasteiger partial charge on any atom is -0.439 e. The Kier molecular flexibility index (Phi) is 4.73. The second-order valence-electron chi connectivity index (χ2n) is 7.85. The van der Waals surface area contributed by atoms with Gasteiger partial charge < -0.3 is 14.8 Å². The fraction of sp³-hybridized carbons (Fsp3) is 0.381. The predicted octanol–water partition coefficient (Wildman–Crippen LogP) is 4.41. The first-order chi connectivity index (χ1) is 14.5. The van der Waals surface area contributed by atoms with E-state index in [0.29, 0.717) is 12.0 Å². The molecule has 1 aromatic heterocycles. The van der Waals surface area contributed by atoms with Crippen molar-refractivity contribution in [1.82, 2.24) is 10.3 Å². The molecule has 4 rings (SSSR count). The van der Waals surface area contributed by atoms with Gasteiger partial charge >= 0.3 is 12.2 Å². The monoisotopic (exact) mass is 435 g/mol. The third-order valence-corrected chi connectivity index (χ3v) is 5.82. The molecule has 164 valence electrons. The van der Waals surface area contributed by atoms with Crippen LogP contribution in [0.15, 0.2) is 36.5 Å². The fourth-order valence-corrected chi connectivity index (χ4v) is 3.57. The number of halogens is 3. The number of aromatic nitrogens is 1. The Hall–Kier alpha value is -3.14. The zero-order valence-electron chi connectivity index (χ0n) is 17.0. The highest BCUT2D eigenvalue weighted by Crippen LogP contribution is 2.48. The van der Waals surface area contributed by atoms with Crippen molar-refractivity contribution in [2.75, 3.05) is 4.90 Å². The van der Waals surface area contributed by atoms with Gasteiger partial charge in [-0.1, -0.05) is 13.0 Å². The summed E-state index contributed by atoms with van der Waals surface area (Å²) in [6.07, 6.45) is -2.85. The van der Waals surface area contributed by atoms with Crippen LogP contribution in [-0.4, -0.2) is 28.6 Å². The summed E-state index contributed by atoms with van der Waals surface area (Å²) in [5.41, 5.74) is -2.70. The van der Waals surface area contributed by atoms with E-state index >= 15 is 0 Å². The zero-order valence-corrected chi connectivity index (χ0v) is 17.0. The second kappa shape index (κ2) is 6.94. The summed E-state index contributed by atoms with van der Waals surface area (Å²) >= 11 is 0. The molecule has 2 aliphatic rings. The Bertz CT molecular complexity index is 1060. The number of amides is 3. The Morgan fingerprint density at radius 3 is 2.55 bits per heavy atom. The van der Waals surface area contributed by atoms with Crippen LogP contribution in [0.25, 0.3) is 0 Å². The van der Waals surface area contributed by atoms with Crippen molar-refractivity contribution in [3.8, 4) is 11.6 Å². The first kappa shape index (κ1) is 21.1. The molecule has 7 nitrogen and oxygen atoms in total. The van der Waals surface area contributed by atoms with Gasteiger partial charge in [-0.2, -0.15) is 13.2 Å². The average Bonchev–Trinajstić information content (AvgIpc) is 3.17. The molecular formula is C21H20F3N3O4. The molecule has 1 N–H and O–H groups in total. The second-order valence-corrected chi connectivity index (χ2v) is 7.85. The van der Waals surface area contributed by atoms with E-state index in [1.807, 2.05) is 0 Å². The van der Waals surface area contributed by atoms with E-state index in [1.54, 1.807) is 13.8 Å². The molecule has 1 fully saturated rings. The van der Waals surface area contributed by atoms with E-state index in [2.05, 4.69) is 10.3 Å². The van der Waals surface area contributed by atoms with Crippen LogP contribution in [0.1, 0.15) is 38.3 Å². The molecule has 0 unspecified atom stereocenters. The summed E-state index contributed by atoms with van der Waals surface area (Å²) in [5, 5.41) is 2.65. The summed E-state index contributed by atoms with van der Waals surface area (Å²) in [7, 11) is 0. The normalized spacial score (nSPS) is 25.5. The minimum atomic E-state index is -4.58. The zero-order chi connectivity index (χ0) is 22.6. The number of rotatable bonds is 4. The third-order valence-electron chi connectivity index (χ3n) is 5.82.